The first-order valence-electron chi connectivity index (χ1n) is 8.06. The average Bonchev–Trinajstić information content (AvgIpc) is 2.77. The molecule has 0 bridgehead atoms. The Morgan fingerprint density at radius 3 is 2.75 bits per heavy atom. The van der Waals surface area contributed by atoms with Crippen LogP contribution in [0.4, 0.5) is 0 Å². The zero-order valence-corrected chi connectivity index (χ0v) is 12.3. The van der Waals surface area contributed by atoms with Crippen LogP contribution in [-0.4, -0.2) is 42.8 Å². The van der Waals surface area contributed by atoms with Crippen molar-refractivity contribution in [2.75, 3.05) is 32.8 Å². The molecule has 1 atom stereocenters. The van der Waals surface area contributed by atoms with Crippen LogP contribution in [0.1, 0.15) is 42.0 Å². The Kier molecular flexibility index (Phi) is 4.71. The van der Waals surface area contributed by atoms with Crippen LogP contribution >= 0.6 is 0 Å². The molecule has 3 nitrogen and oxygen atoms in total. The largest absolute Gasteiger partial charge is 0.394 e. The molecule has 1 aliphatic heterocycles. The third-order valence-corrected chi connectivity index (χ3v) is 4.75. The van der Waals surface area contributed by atoms with Crippen molar-refractivity contribution in [3.63, 3.8) is 0 Å². The number of nitrogens with zero attached hydrogens (tertiary/aromatic N) is 1. The Morgan fingerprint density at radius 2 is 1.90 bits per heavy atom. The number of hydrogen-bond acceptors (Lipinski definition) is 3. The molecule has 0 saturated carbocycles. The second kappa shape index (κ2) is 6.70. The summed E-state index contributed by atoms with van der Waals surface area (Å²) in [6.45, 7) is 4.46. The maximum atomic E-state index is 9.87. The van der Waals surface area contributed by atoms with Crippen LogP contribution in [0.5, 0.6) is 0 Å². The molecule has 20 heavy (non-hydrogen) atoms. The lowest BCUT2D eigenvalue weighted by Gasteiger charge is -2.30. The summed E-state index contributed by atoms with van der Waals surface area (Å²) in [4.78, 5) is 2.44. The molecular weight excluding hydrogens is 248 g/mol. The van der Waals surface area contributed by atoms with Crippen molar-refractivity contribution in [3.05, 3.63) is 34.9 Å². The quantitative estimate of drug-likeness (QED) is 0.883. The Labute approximate surface area is 122 Å². The number of rotatable bonds is 3. The van der Waals surface area contributed by atoms with E-state index in [1.165, 1.54) is 48.8 Å². The predicted molar refractivity (Wildman–Crippen MR) is 82.0 cm³/mol. The van der Waals surface area contributed by atoms with Crippen molar-refractivity contribution in [1.82, 2.24) is 10.2 Å². The number of fused-ring (bicyclic) bond motifs is 1. The standard InChI is InChI=1S/C17H26N2O/c20-13-17(19-10-3-8-18-9-11-19)16-7-6-14-4-1-2-5-15(14)12-16/h6-7,12,17-18,20H,1-5,8-11,13H2. The van der Waals surface area contributed by atoms with E-state index < -0.39 is 0 Å². The van der Waals surface area contributed by atoms with Crippen LogP contribution in [0.15, 0.2) is 18.2 Å². The van der Waals surface area contributed by atoms with Crippen molar-refractivity contribution in [3.8, 4) is 0 Å². The number of benzene rings is 1. The highest BCUT2D eigenvalue weighted by molar-refractivity contribution is 5.35. The lowest BCUT2D eigenvalue weighted by atomic mass is 9.89. The lowest BCUT2D eigenvalue weighted by Crippen LogP contribution is -2.34. The minimum Gasteiger partial charge on any atom is -0.394 e. The van der Waals surface area contributed by atoms with Crippen molar-refractivity contribution in [1.29, 1.82) is 0 Å². The van der Waals surface area contributed by atoms with Gasteiger partial charge in [0, 0.05) is 19.6 Å². The number of nitrogens with one attached hydrogen (secondary N) is 1. The van der Waals surface area contributed by atoms with Crippen LogP contribution in [0.25, 0.3) is 0 Å². The summed E-state index contributed by atoms with van der Waals surface area (Å²) in [7, 11) is 0. The third kappa shape index (κ3) is 3.05. The first-order chi connectivity index (χ1) is 9.88. The van der Waals surface area contributed by atoms with Crippen molar-refractivity contribution in [2.24, 2.45) is 0 Å². The minimum absolute atomic E-state index is 0.169. The van der Waals surface area contributed by atoms with Gasteiger partial charge in [-0.25, -0.2) is 0 Å². The molecule has 0 spiro atoms. The number of aliphatic hydroxyl groups is 1. The minimum atomic E-state index is 0.169. The Balaban J connectivity index is 1.81. The Bertz CT molecular complexity index is 439. The van der Waals surface area contributed by atoms with E-state index >= 15 is 0 Å². The second-order valence-electron chi connectivity index (χ2n) is 6.07. The fourth-order valence-corrected chi connectivity index (χ4v) is 3.57. The van der Waals surface area contributed by atoms with E-state index in [4.69, 9.17) is 0 Å². The molecule has 1 aromatic carbocycles. The maximum Gasteiger partial charge on any atom is 0.0628 e. The Morgan fingerprint density at radius 1 is 1.05 bits per heavy atom. The van der Waals surface area contributed by atoms with Crippen LogP contribution in [-0.2, 0) is 12.8 Å². The first-order valence-corrected chi connectivity index (χ1v) is 8.06. The van der Waals surface area contributed by atoms with Gasteiger partial charge in [0.05, 0.1) is 12.6 Å². The average molecular weight is 274 g/mol. The molecule has 1 unspecified atom stereocenters. The molecule has 1 aliphatic carbocycles. The van der Waals surface area contributed by atoms with Crippen molar-refractivity contribution < 1.29 is 5.11 Å². The van der Waals surface area contributed by atoms with Gasteiger partial charge in [0.2, 0.25) is 0 Å². The molecule has 1 saturated heterocycles. The SMILES string of the molecule is OCC(c1ccc2c(c1)CCCC2)N1CCCNCC1. The van der Waals surface area contributed by atoms with Gasteiger partial charge in [-0.15, -0.1) is 0 Å². The fraction of sp³-hybridized carbons (Fsp3) is 0.647. The van der Waals surface area contributed by atoms with Crippen LogP contribution in [0.3, 0.4) is 0 Å². The smallest absolute Gasteiger partial charge is 0.0628 e. The van der Waals surface area contributed by atoms with Gasteiger partial charge in [-0.1, -0.05) is 18.2 Å². The molecule has 2 aliphatic rings. The number of aliphatic hydroxyl groups excluding tert-OH is 1. The van der Waals surface area contributed by atoms with Gasteiger partial charge >= 0.3 is 0 Å². The normalized spacial score (nSPS) is 22.1. The highest BCUT2D eigenvalue weighted by Crippen LogP contribution is 2.27. The monoisotopic (exact) mass is 274 g/mol. The van der Waals surface area contributed by atoms with E-state index in [9.17, 15) is 5.11 Å². The summed E-state index contributed by atoms with van der Waals surface area (Å²) in [5.74, 6) is 0. The van der Waals surface area contributed by atoms with Gasteiger partial charge in [0.25, 0.3) is 0 Å². The highest BCUT2D eigenvalue weighted by atomic mass is 16.3. The zero-order valence-electron chi connectivity index (χ0n) is 12.3. The van der Waals surface area contributed by atoms with Gasteiger partial charge in [-0.05, 0) is 55.3 Å². The van der Waals surface area contributed by atoms with Gasteiger partial charge in [-0.3, -0.25) is 4.90 Å². The molecule has 3 heteroatoms. The van der Waals surface area contributed by atoms with Gasteiger partial charge in [0.15, 0.2) is 0 Å². The summed E-state index contributed by atoms with van der Waals surface area (Å²) >= 11 is 0. The lowest BCUT2D eigenvalue weighted by molar-refractivity contribution is 0.129. The molecule has 1 heterocycles. The third-order valence-electron chi connectivity index (χ3n) is 4.75. The Hall–Kier alpha value is -0.900. The number of hydrogen-bond donors (Lipinski definition) is 2. The van der Waals surface area contributed by atoms with E-state index in [1.54, 1.807) is 0 Å². The summed E-state index contributed by atoms with van der Waals surface area (Å²) in [5.41, 5.74) is 4.34. The summed E-state index contributed by atoms with van der Waals surface area (Å²) in [6.07, 6.45) is 6.25. The molecule has 110 valence electrons. The van der Waals surface area contributed by atoms with E-state index in [0.29, 0.717) is 0 Å². The zero-order chi connectivity index (χ0) is 13.8. The topological polar surface area (TPSA) is 35.5 Å². The van der Waals surface area contributed by atoms with E-state index in [2.05, 4.69) is 28.4 Å². The van der Waals surface area contributed by atoms with Crippen LogP contribution < -0.4 is 5.32 Å². The van der Waals surface area contributed by atoms with E-state index in [-0.39, 0.29) is 12.6 Å². The molecule has 1 aromatic rings. The molecular formula is C17H26N2O. The second-order valence-corrected chi connectivity index (χ2v) is 6.07. The summed E-state index contributed by atoms with van der Waals surface area (Å²) in [5, 5.41) is 13.3. The summed E-state index contributed by atoms with van der Waals surface area (Å²) in [6, 6.07) is 7.06. The van der Waals surface area contributed by atoms with Crippen molar-refractivity contribution in [2.45, 2.75) is 38.1 Å². The molecule has 0 aromatic heterocycles. The first kappa shape index (κ1) is 14.1. The summed E-state index contributed by atoms with van der Waals surface area (Å²) < 4.78 is 0. The van der Waals surface area contributed by atoms with Crippen LogP contribution in [0.2, 0.25) is 0 Å². The highest BCUT2D eigenvalue weighted by Gasteiger charge is 2.21. The van der Waals surface area contributed by atoms with Crippen LogP contribution in [0, 0.1) is 0 Å². The van der Waals surface area contributed by atoms with Crippen molar-refractivity contribution >= 4 is 0 Å². The maximum absolute atomic E-state index is 9.87. The van der Waals surface area contributed by atoms with E-state index in [0.717, 1.165) is 26.2 Å². The molecule has 3 rings (SSSR count). The molecule has 0 radical (unpaired) electrons. The van der Waals surface area contributed by atoms with Gasteiger partial charge < -0.3 is 10.4 Å². The predicted octanol–water partition coefficient (Wildman–Crippen LogP) is 1.89. The van der Waals surface area contributed by atoms with Gasteiger partial charge in [-0.2, -0.15) is 0 Å². The molecule has 1 fully saturated rings. The molecule has 0 amide bonds. The fourth-order valence-electron chi connectivity index (χ4n) is 3.57. The molecule has 2 N–H and O–H groups in total. The van der Waals surface area contributed by atoms with E-state index in [1.807, 2.05) is 0 Å². The number of aryl methyl sites for hydroxylation is 2. The van der Waals surface area contributed by atoms with Gasteiger partial charge in [0.1, 0.15) is 0 Å².